The number of amides is 1. The highest BCUT2D eigenvalue weighted by molar-refractivity contribution is 5.90. The third-order valence-corrected chi connectivity index (χ3v) is 2.80. The quantitative estimate of drug-likeness (QED) is 0.840. The van der Waals surface area contributed by atoms with Gasteiger partial charge in [-0.05, 0) is 26.8 Å². The second kappa shape index (κ2) is 6.54. The Hall–Kier alpha value is -1.36. The Kier molecular flexibility index (Phi) is 5.34. The Bertz CT molecular complexity index is 384. The molecule has 0 saturated heterocycles. The van der Waals surface area contributed by atoms with Crippen molar-refractivity contribution in [2.24, 2.45) is 5.92 Å². The van der Waals surface area contributed by atoms with Crippen molar-refractivity contribution in [3.8, 4) is 0 Å². The van der Waals surface area contributed by atoms with Crippen LogP contribution < -0.4 is 5.32 Å². The Morgan fingerprint density at radius 2 is 2.11 bits per heavy atom. The minimum atomic E-state index is -0.0255. The van der Waals surface area contributed by atoms with Gasteiger partial charge in [-0.25, -0.2) is 4.98 Å². The molecule has 1 N–H and O–H groups in total. The van der Waals surface area contributed by atoms with Crippen LogP contribution in [0.15, 0.2) is 12.4 Å². The number of carbonyl (C=O) groups excluding carboxylic acids is 1. The first-order valence-corrected chi connectivity index (χ1v) is 6.41. The van der Waals surface area contributed by atoms with Crippen LogP contribution in [0.2, 0.25) is 0 Å². The van der Waals surface area contributed by atoms with Crippen LogP contribution in [-0.2, 0) is 11.3 Å². The van der Waals surface area contributed by atoms with Crippen molar-refractivity contribution in [3.05, 3.63) is 12.4 Å². The van der Waals surface area contributed by atoms with E-state index in [1.807, 2.05) is 22.7 Å². The number of carbonyl (C=O) groups is 1. The molecule has 0 saturated carbocycles. The number of likely N-dealkylation sites (N-methyl/N-ethyl adjacent to an activating group) is 1. The molecule has 0 radical (unpaired) electrons. The molecule has 5 heteroatoms. The molecular formula is C13H24N4O. The van der Waals surface area contributed by atoms with Crippen LogP contribution in [0.5, 0.6) is 0 Å². The lowest BCUT2D eigenvalue weighted by Crippen LogP contribution is -2.35. The smallest absolute Gasteiger partial charge is 0.240 e. The molecule has 0 atom stereocenters. The number of hydrogen-bond acceptors (Lipinski definition) is 3. The van der Waals surface area contributed by atoms with Crippen molar-refractivity contribution in [3.63, 3.8) is 0 Å². The van der Waals surface area contributed by atoms with Gasteiger partial charge in [0.1, 0.15) is 0 Å². The summed E-state index contributed by atoms with van der Waals surface area (Å²) in [5.41, 5.74) is 0. The summed E-state index contributed by atoms with van der Waals surface area (Å²) in [5, 5.41) is 2.85. The summed E-state index contributed by atoms with van der Waals surface area (Å²) in [4.78, 5) is 18.0. The average molecular weight is 252 g/mol. The number of nitrogens with one attached hydrogen (secondary N) is 1. The molecule has 102 valence electrons. The van der Waals surface area contributed by atoms with Gasteiger partial charge in [0.05, 0.1) is 6.54 Å². The van der Waals surface area contributed by atoms with E-state index in [-0.39, 0.29) is 5.91 Å². The van der Waals surface area contributed by atoms with Crippen molar-refractivity contribution in [2.45, 2.75) is 40.3 Å². The molecule has 0 aliphatic rings. The molecule has 1 aromatic rings. The monoisotopic (exact) mass is 252 g/mol. The third-order valence-electron chi connectivity index (χ3n) is 2.80. The van der Waals surface area contributed by atoms with E-state index in [0.717, 1.165) is 6.54 Å². The number of nitrogens with zero attached hydrogens (tertiary/aromatic N) is 3. The van der Waals surface area contributed by atoms with Crippen LogP contribution in [0.4, 0.5) is 5.95 Å². The summed E-state index contributed by atoms with van der Waals surface area (Å²) >= 11 is 0. The summed E-state index contributed by atoms with van der Waals surface area (Å²) in [5.74, 6) is 1.13. The first kappa shape index (κ1) is 14.7. The van der Waals surface area contributed by atoms with E-state index in [4.69, 9.17) is 0 Å². The van der Waals surface area contributed by atoms with Gasteiger partial charge >= 0.3 is 0 Å². The van der Waals surface area contributed by atoms with Crippen molar-refractivity contribution in [1.29, 1.82) is 0 Å². The topological polar surface area (TPSA) is 50.2 Å². The summed E-state index contributed by atoms with van der Waals surface area (Å²) in [7, 11) is 1.94. The normalized spacial score (nSPS) is 11.6. The lowest BCUT2D eigenvalue weighted by Gasteiger charge is -2.20. The minimum Gasteiger partial charge on any atom is -0.317 e. The first-order chi connectivity index (χ1) is 8.40. The largest absolute Gasteiger partial charge is 0.317 e. The average Bonchev–Trinajstić information content (AvgIpc) is 2.64. The van der Waals surface area contributed by atoms with Gasteiger partial charge in [-0.3, -0.25) is 15.0 Å². The zero-order chi connectivity index (χ0) is 13.7. The summed E-state index contributed by atoms with van der Waals surface area (Å²) in [6, 6.07) is 0.353. The molecule has 1 aromatic heterocycles. The maximum absolute atomic E-state index is 11.9. The first-order valence-electron chi connectivity index (χ1n) is 6.41. The van der Waals surface area contributed by atoms with E-state index >= 15 is 0 Å². The van der Waals surface area contributed by atoms with Crippen LogP contribution in [0.3, 0.4) is 0 Å². The highest BCUT2D eigenvalue weighted by Gasteiger charge is 2.12. The van der Waals surface area contributed by atoms with Gasteiger partial charge in [0.2, 0.25) is 11.9 Å². The Labute approximate surface area is 109 Å². The molecule has 1 amide bonds. The standard InChI is InChI=1S/C13H24N4O/c1-10(2)8-17-7-6-14-13(17)15-12(18)9-16(5)11(3)4/h6-7,10-11H,8-9H2,1-5H3,(H,14,15,18). The van der Waals surface area contributed by atoms with Crippen molar-refractivity contribution < 1.29 is 4.79 Å². The van der Waals surface area contributed by atoms with E-state index < -0.39 is 0 Å². The highest BCUT2D eigenvalue weighted by Crippen LogP contribution is 2.08. The molecular weight excluding hydrogens is 228 g/mol. The fourth-order valence-corrected chi connectivity index (χ4v) is 1.55. The summed E-state index contributed by atoms with van der Waals surface area (Å²) in [6.07, 6.45) is 3.60. The molecule has 0 spiro atoms. The molecule has 0 aromatic carbocycles. The van der Waals surface area contributed by atoms with Crippen LogP contribution in [0, 0.1) is 5.92 Å². The number of imidazole rings is 1. The Morgan fingerprint density at radius 3 is 2.67 bits per heavy atom. The van der Waals surface area contributed by atoms with E-state index in [2.05, 4.69) is 38.0 Å². The van der Waals surface area contributed by atoms with Crippen molar-refractivity contribution in [2.75, 3.05) is 18.9 Å². The number of hydrogen-bond donors (Lipinski definition) is 1. The van der Waals surface area contributed by atoms with Gasteiger partial charge in [0.25, 0.3) is 0 Å². The lowest BCUT2D eigenvalue weighted by atomic mass is 10.2. The fourth-order valence-electron chi connectivity index (χ4n) is 1.55. The fraction of sp³-hybridized carbons (Fsp3) is 0.692. The van der Waals surface area contributed by atoms with E-state index in [9.17, 15) is 4.79 Å². The van der Waals surface area contributed by atoms with Gasteiger partial charge in [0, 0.05) is 25.0 Å². The molecule has 0 bridgehead atoms. The van der Waals surface area contributed by atoms with Gasteiger partial charge in [0.15, 0.2) is 0 Å². The SMILES string of the molecule is CC(C)Cn1ccnc1NC(=O)CN(C)C(C)C. The maximum Gasteiger partial charge on any atom is 0.240 e. The molecule has 0 fully saturated rings. The van der Waals surface area contributed by atoms with Gasteiger partial charge in [-0.1, -0.05) is 13.8 Å². The predicted octanol–water partition coefficient (Wildman–Crippen LogP) is 1.82. The van der Waals surface area contributed by atoms with E-state index in [0.29, 0.717) is 24.5 Å². The van der Waals surface area contributed by atoms with E-state index in [1.165, 1.54) is 0 Å². The Balaban J connectivity index is 2.57. The highest BCUT2D eigenvalue weighted by atomic mass is 16.2. The van der Waals surface area contributed by atoms with Crippen molar-refractivity contribution >= 4 is 11.9 Å². The Morgan fingerprint density at radius 1 is 1.44 bits per heavy atom. The minimum absolute atomic E-state index is 0.0255. The molecule has 0 aliphatic carbocycles. The van der Waals surface area contributed by atoms with Gasteiger partial charge < -0.3 is 4.57 Å². The third kappa shape index (κ3) is 4.49. The molecule has 1 rings (SSSR count). The van der Waals surface area contributed by atoms with Gasteiger partial charge in [-0.15, -0.1) is 0 Å². The van der Waals surface area contributed by atoms with Gasteiger partial charge in [-0.2, -0.15) is 0 Å². The summed E-state index contributed by atoms with van der Waals surface area (Å²) in [6.45, 7) is 9.64. The van der Waals surface area contributed by atoms with Crippen LogP contribution in [-0.4, -0.2) is 40.0 Å². The second-order valence-corrected chi connectivity index (χ2v) is 5.35. The number of anilines is 1. The predicted molar refractivity (Wildman–Crippen MR) is 73.5 cm³/mol. The molecule has 5 nitrogen and oxygen atoms in total. The number of rotatable bonds is 6. The number of aromatic nitrogens is 2. The second-order valence-electron chi connectivity index (χ2n) is 5.35. The molecule has 18 heavy (non-hydrogen) atoms. The molecule has 1 heterocycles. The van der Waals surface area contributed by atoms with Crippen molar-refractivity contribution in [1.82, 2.24) is 14.5 Å². The molecule has 0 aliphatic heterocycles. The van der Waals surface area contributed by atoms with E-state index in [1.54, 1.807) is 6.20 Å². The van der Waals surface area contributed by atoms with Crippen LogP contribution in [0.1, 0.15) is 27.7 Å². The maximum atomic E-state index is 11.9. The molecule has 0 unspecified atom stereocenters. The lowest BCUT2D eigenvalue weighted by molar-refractivity contribution is -0.117. The van der Waals surface area contributed by atoms with Crippen LogP contribution in [0.25, 0.3) is 0 Å². The summed E-state index contributed by atoms with van der Waals surface area (Å²) < 4.78 is 1.97. The van der Waals surface area contributed by atoms with Crippen LogP contribution >= 0.6 is 0 Å². The zero-order valence-corrected chi connectivity index (χ0v) is 12.0. The zero-order valence-electron chi connectivity index (χ0n) is 12.0.